The van der Waals surface area contributed by atoms with Gasteiger partial charge in [-0.15, -0.1) is 11.8 Å². The first kappa shape index (κ1) is 14.0. The van der Waals surface area contributed by atoms with Crippen molar-refractivity contribution in [3.63, 3.8) is 0 Å². The van der Waals surface area contributed by atoms with E-state index in [2.05, 4.69) is 45.9 Å². The molecule has 0 saturated heterocycles. The lowest BCUT2D eigenvalue weighted by molar-refractivity contribution is 1.20. The van der Waals surface area contributed by atoms with E-state index in [-0.39, 0.29) is 0 Å². The summed E-state index contributed by atoms with van der Waals surface area (Å²) in [5.74, 6) is 1.00. The molecule has 0 heterocycles. The highest BCUT2D eigenvalue weighted by Gasteiger charge is 2.07. The van der Waals surface area contributed by atoms with Crippen molar-refractivity contribution < 1.29 is 0 Å². The van der Waals surface area contributed by atoms with Crippen molar-refractivity contribution in [2.24, 2.45) is 0 Å². The summed E-state index contributed by atoms with van der Waals surface area (Å²) in [5.41, 5.74) is 13.6. The molecule has 0 aliphatic rings. The molecule has 19 heavy (non-hydrogen) atoms. The Kier molecular flexibility index (Phi) is 4.20. The minimum atomic E-state index is 0.877. The van der Waals surface area contributed by atoms with Crippen LogP contribution in [0.1, 0.15) is 27.8 Å². The highest BCUT2D eigenvalue weighted by molar-refractivity contribution is 7.98. The molecular weight excluding hydrogens is 250 g/mol. The van der Waals surface area contributed by atoms with E-state index in [9.17, 15) is 0 Å². The van der Waals surface area contributed by atoms with Gasteiger partial charge in [0.05, 0.1) is 0 Å². The molecule has 2 aromatic carbocycles. The normalized spacial score (nSPS) is 10.7. The van der Waals surface area contributed by atoms with Crippen molar-refractivity contribution in [2.45, 2.75) is 38.3 Å². The summed E-state index contributed by atoms with van der Waals surface area (Å²) in [6, 6.07) is 10.7. The number of nitrogens with two attached hydrogens (primary N) is 1. The molecule has 0 unspecified atom stereocenters. The first-order valence-corrected chi connectivity index (χ1v) is 7.52. The number of anilines is 1. The molecule has 0 atom stereocenters. The third-order valence-corrected chi connectivity index (χ3v) is 4.72. The van der Waals surface area contributed by atoms with Crippen molar-refractivity contribution in [3.8, 4) is 0 Å². The van der Waals surface area contributed by atoms with E-state index in [1.807, 2.05) is 23.9 Å². The third kappa shape index (κ3) is 3.13. The second-order valence-electron chi connectivity index (χ2n) is 5.14. The smallest absolute Gasteiger partial charge is 0.0354 e. The molecule has 0 amide bonds. The summed E-state index contributed by atoms with van der Waals surface area (Å²) in [5, 5.41) is 0. The van der Waals surface area contributed by atoms with Gasteiger partial charge in [-0.05, 0) is 62.1 Å². The number of thioether (sulfide) groups is 1. The van der Waals surface area contributed by atoms with Crippen LogP contribution >= 0.6 is 11.8 Å². The van der Waals surface area contributed by atoms with Gasteiger partial charge >= 0.3 is 0 Å². The molecule has 0 aliphatic carbocycles. The Morgan fingerprint density at radius 2 is 1.63 bits per heavy atom. The summed E-state index contributed by atoms with van der Waals surface area (Å²) < 4.78 is 0. The van der Waals surface area contributed by atoms with E-state index in [4.69, 9.17) is 5.73 Å². The molecule has 0 aromatic heterocycles. The first-order valence-electron chi connectivity index (χ1n) is 6.53. The number of nitrogen functional groups attached to an aromatic ring is 1. The van der Waals surface area contributed by atoms with Crippen molar-refractivity contribution in [1.29, 1.82) is 0 Å². The van der Waals surface area contributed by atoms with E-state index in [1.165, 1.54) is 32.7 Å². The van der Waals surface area contributed by atoms with Gasteiger partial charge in [0.25, 0.3) is 0 Å². The van der Waals surface area contributed by atoms with Crippen LogP contribution in [0, 0.1) is 27.7 Å². The average Bonchev–Trinajstić information content (AvgIpc) is 2.33. The number of rotatable bonds is 3. The van der Waals surface area contributed by atoms with E-state index < -0.39 is 0 Å². The van der Waals surface area contributed by atoms with Gasteiger partial charge in [0.2, 0.25) is 0 Å². The second kappa shape index (κ2) is 5.70. The molecule has 2 heteroatoms. The van der Waals surface area contributed by atoms with E-state index in [1.54, 1.807) is 0 Å². The predicted molar refractivity (Wildman–Crippen MR) is 85.8 cm³/mol. The lowest BCUT2D eigenvalue weighted by atomic mass is 10.0. The topological polar surface area (TPSA) is 26.0 Å². The van der Waals surface area contributed by atoms with Gasteiger partial charge in [-0.25, -0.2) is 0 Å². The molecule has 0 fully saturated rings. The molecule has 2 rings (SSSR count). The highest BCUT2D eigenvalue weighted by Crippen LogP contribution is 2.31. The van der Waals surface area contributed by atoms with E-state index in [0.717, 1.165) is 11.4 Å². The molecule has 2 aromatic rings. The summed E-state index contributed by atoms with van der Waals surface area (Å²) in [4.78, 5) is 1.28. The van der Waals surface area contributed by atoms with Gasteiger partial charge in [0, 0.05) is 16.3 Å². The van der Waals surface area contributed by atoms with Crippen molar-refractivity contribution in [1.82, 2.24) is 0 Å². The largest absolute Gasteiger partial charge is 0.398 e. The zero-order chi connectivity index (χ0) is 14.0. The Hall–Kier alpha value is -1.41. The Bertz CT molecular complexity index is 579. The van der Waals surface area contributed by atoms with Gasteiger partial charge in [0.1, 0.15) is 0 Å². The molecule has 0 aliphatic heterocycles. The Morgan fingerprint density at radius 1 is 1.00 bits per heavy atom. The van der Waals surface area contributed by atoms with Crippen LogP contribution in [0.2, 0.25) is 0 Å². The van der Waals surface area contributed by atoms with Crippen molar-refractivity contribution in [3.05, 3.63) is 58.1 Å². The Morgan fingerprint density at radius 3 is 2.26 bits per heavy atom. The van der Waals surface area contributed by atoms with Crippen LogP contribution in [0.5, 0.6) is 0 Å². The van der Waals surface area contributed by atoms with Gasteiger partial charge in [-0.2, -0.15) is 0 Å². The number of hydrogen-bond donors (Lipinski definition) is 1. The minimum absolute atomic E-state index is 0.877. The molecule has 100 valence electrons. The zero-order valence-electron chi connectivity index (χ0n) is 12.1. The summed E-state index contributed by atoms with van der Waals surface area (Å²) in [6.07, 6.45) is 0. The standard InChI is InChI=1S/C17H21NS/c1-11-8-12(2)15(13(3)9-11)10-19-17-7-5-6-16(18)14(17)4/h5-9H,10,18H2,1-4H3. The van der Waals surface area contributed by atoms with Crippen LogP contribution in [-0.4, -0.2) is 0 Å². The fourth-order valence-electron chi connectivity index (χ4n) is 2.38. The molecule has 0 bridgehead atoms. The maximum absolute atomic E-state index is 5.96. The van der Waals surface area contributed by atoms with Gasteiger partial charge in [-0.1, -0.05) is 23.8 Å². The lowest BCUT2D eigenvalue weighted by Gasteiger charge is -2.12. The quantitative estimate of drug-likeness (QED) is 0.641. The molecular formula is C17H21NS. The summed E-state index contributed by atoms with van der Waals surface area (Å²) in [6.45, 7) is 8.63. The van der Waals surface area contributed by atoms with Crippen LogP contribution in [0.25, 0.3) is 0 Å². The number of aryl methyl sites for hydroxylation is 3. The van der Waals surface area contributed by atoms with Crippen LogP contribution in [0.3, 0.4) is 0 Å². The van der Waals surface area contributed by atoms with Crippen LogP contribution in [-0.2, 0) is 5.75 Å². The fourth-order valence-corrected chi connectivity index (χ4v) is 3.64. The fraction of sp³-hybridized carbons (Fsp3) is 0.294. The molecule has 0 radical (unpaired) electrons. The number of hydrogen-bond acceptors (Lipinski definition) is 2. The third-order valence-electron chi connectivity index (χ3n) is 3.54. The molecule has 0 spiro atoms. The second-order valence-corrected chi connectivity index (χ2v) is 6.15. The lowest BCUT2D eigenvalue weighted by Crippen LogP contribution is -1.95. The van der Waals surface area contributed by atoms with Crippen LogP contribution < -0.4 is 5.73 Å². The van der Waals surface area contributed by atoms with Gasteiger partial charge < -0.3 is 5.73 Å². The average molecular weight is 271 g/mol. The maximum Gasteiger partial charge on any atom is 0.0354 e. The van der Waals surface area contributed by atoms with Crippen molar-refractivity contribution >= 4 is 17.4 Å². The molecule has 2 N–H and O–H groups in total. The molecule has 0 saturated carbocycles. The summed E-state index contributed by atoms with van der Waals surface area (Å²) in [7, 11) is 0. The number of benzene rings is 2. The minimum Gasteiger partial charge on any atom is -0.398 e. The Labute approximate surface area is 120 Å². The van der Waals surface area contributed by atoms with E-state index >= 15 is 0 Å². The predicted octanol–water partition coefficient (Wildman–Crippen LogP) is 4.79. The molecule has 1 nitrogen and oxygen atoms in total. The zero-order valence-corrected chi connectivity index (χ0v) is 12.9. The first-order chi connectivity index (χ1) is 8.99. The monoisotopic (exact) mass is 271 g/mol. The van der Waals surface area contributed by atoms with E-state index in [0.29, 0.717) is 0 Å². The van der Waals surface area contributed by atoms with Gasteiger partial charge in [-0.3, -0.25) is 0 Å². The van der Waals surface area contributed by atoms with Crippen LogP contribution in [0.15, 0.2) is 35.2 Å². The van der Waals surface area contributed by atoms with Crippen LogP contribution in [0.4, 0.5) is 5.69 Å². The Balaban J connectivity index is 2.22. The maximum atomic E-state index is 5.96. The van der Waals surface area contributed by atoms with Gasteiger partial charge in [0.15, 0.2) is 0 Å². The SMILES string of the molecule is Cc1cc(C)c(CSc2cccc(N)c2C)c(C)c1. The summed E-state index contributed by atoms with van der Waals surface area (Å²) >= 11 is 1.87. The van der Waals surface area contributed by atoms with Crippen molar-refractivity contribution in [2.75, 3.05) is 5.73 Å². The highest BCUT2D eigenvalue weighted by atomic mass is 32.2.